The van der Waals surface area contributed by atoms with E-state index in [1.54, 1.807) is 49.4 Å². The Labute approximate surface area is 188 Å². The third-order valence-electron chi connectivity index (χ3n) is 4.28. The van der Waals surface area contributed by atoms with Crippen molar-refractivity contribution in [2.24, 2.45) is 0 Å². The number of benzene rings is 2. The molecule has 2 aromatic rings. The highest BCUT2D eigenvalue weighted by Crippen LogP contribution is 2.19. The number of aryl methyl sites for hydroxylation is 1. The first-order chi connectivity index (χ1) is 15.4. The molecule has 2 aromatic carbocycles. The molecule has 0 aliphatic carbocycles. The number of esters is 2. The van der Waals surface area contributed by atoms with E-state index in [0.29, 0.717) is 0 Å². The molecule has 0 radical (unpaired) electrons. The second-order valence-electron chi connectivity index (χ2n) is 6.77. The molecule has 0 amide bonds. The second kappa shape index (κ2) is 12.4. The van der Waals surface area contributed by atoms with Crippen molar-refractivity contribution in [3.8, 4) is 0 Å². The van der Waals surface area contributed by atoms with Crippen molar-refractivity contribution >= 4 is 27.9 Å². The maximum atomic E-state index is 13.1. The standard InChI is InChI=1S/C25H26O6S/c1-3-4-5-9-18-30-24(26)23(32(28,29)22-16-14-20(2)15-17-22)25(27)31-19-10-13-21-11-7-6-8-12-21/h3-17,23H,18-19H2,1-2H3/b4-3+,9-5+,13-10+. The Bertz CT molecular complexity index is 1080. The number of hydrogen-bond donors (Lipinski definition) is 0. The van der Waals surface area contributed by atoms with E-state index >= 15 is 0 Å². The minimum absolute atomic E-state index is 0.161. The van der Waals surface area contributed by atoms with Gasteiger partial charge in [0, 0.05) is 0 Å². The van der Waals surface area contributed by atoms with Gasteiger partial charge in [0.15, 0.2) is 0 Å². The molecule has 0 heterocycles. The number of allylic oxidation sites excluding steroid dienone is 3. The Kier molecular flexibility index (Phi) is 9.63. The summed E-state index contributed by atoms with van der Waals surface area (Å²) in [5.74, 6) is -2.38. The molecule has 168 valence electrons. The van der Waals surface area contributed by atoms with Crippen LogP contribution in [0.3, 0.4) is 0 Å². The molecule has 0 saturated carbocycles. The highest BCUT2D eigenvalue weighted by atomic mass is 32.2. The SMILES string of the molecule is C/C=C/C=C/COC(=O)C(C(=O)OC/C=C/c1ccccc1)S(=O)(=O)c1ccc(C)cc1. The highest BCUT2D eigenvalue weighted by Gasteiger charge is 2.43. The first kappa shape index (κ1) is 24.8. The van der Waals surface area contributed by atoms with Crippen LogP contribution >= 0.6 is 0 Å². The zero-order valence-corrected chi connectivity index (χ0v) is 18.8. The Morgan fingerprint density at radius 3 is 2.06 bits per heavy atom. The molecule has 1 atom stereocenters. The van der Waals surface area contributed by atoms with Crippen molar-refractivity contribution in [1.82, 2.24) is 0 Å². The van der Waals surface area contributed by atoms with Crippen LogP contribution < -0.4 is 0 Å². The minimum Gasteiger partial charge on any atom is -0.460 e. The molecule has 0 aliphatic heterocycles. The Hall–Kier alpha value is -3.45. The van der Waals surface area contributed by atoms with E-state index < -0.39 is 27.0 Å². The zero-order valence-electron chi connectivity index (χ0n) is 18.0. The lowest BCUT2D eigenvalue weighted by Crippen LogP contribution is -2.40. The summed E-state index contributed by atoms with van der Waals surface area (Å²) in [5, 5.41) is -2.12. The average molecular weight is 455 g/mol. The van der Waals surface area contributed by atoms with Crippen LogP contribution in [0.4, 0.5) is 0 Å². The van der Waals surface area contributed by atoms with Crippen molar-refractivity contribution in [1.29, 1.82) is 0 Å². The highest BCUT2D eigenvalue weighted by molar-refractivity contribution is 7.93. The minimum atomic E-state index is -4.36. The molecule has 0 spiro atoms. The molecule has 6 nitrogen and oxygen atoms in total. The summed E-state index contributed by atoms with van der Waals surface area (Å²) in [7, 11) is -4.36. The van der Waals surface area contributed by atoms with Crippen LogP contribution in [0.15, 0.2) is 89.9 Å². The van der Waals surface area contributed by atoms with Crippen molar-refractivity contribution < 1.29 is 27.5 Å². The number of carbonyl (C=O) groups is 2. The fraction of sp³-hybridized carbons (Fsp3) is 0.200. The van der Waals surface area contributed by atoms with Gasteiger partial charge in [-0.25, -0.2) is 18.0 Å². The quantitative estimate of drug-likeness (QED) is 0.306. The Morgan fingerprint density at radius 2 is 1.47 bits per heavy atom. The van der Waals surface area contributed by atoms with Gasteiger partial charge in [-0.15, -0.1) is 0 Å². The van der Waals surface area contributed by atoms with Gasteiger partial charge in [-0.05, 0) is 43.7 Å². The van der Waals surface area contributed by atoms with E-state index in [1.165, 1.54) is 18.2 Å². The topological polar surface area (TPSA) is 86.7 Å². The van der Waals surface area contributed by atoms with Crippen molar-refractivity contribution in [3.63, 3.8) is 0 Å². The van der Waals surface area contributed by atoms with Crippen LogP contribution in [0.5, 0.6) is 0 Å². The summed E-state index contributed by atoms with van der Waals surface area (Å²) in [6.07, 6.45) is 9.96. The molecule has 7 heteroatoms. The van der Waals surface area contributed by atoms with Gasteiger partial charge in [0.25, 0.3) is 5.25 Å². The first-order valence-corrected chi connectivity index (χ1v) is 11.5. The second-order valence-corrected chi connectivity index (χ2v) is 8.80. The first-order valence-electron chi connectivity index (χ1n) is 9.99. The molecular weight excluding hydrogens is 428 g/mol. The summed E-state index contributed by atoms with van der Waals surface area (Å²) in [4.78, 5) is 25.1. The summed E-state index contributed by atoms with van der Waals surface area (Å²) in [6.45, 7) is 3.25. The fourth-order valence-electron chi connectivity index (χ4n) is 2.62. The summed E-state index contributed by atoms with van der Waals surface area (Å²) in [5.41, 5.74) is 1.73. The van der Waals surface area contributed by atoms with Gasteiger partial charge in [-0.1, -0.05) is 72.3 Å². The molecule has 0 aromatic heterocycles. The molecule has 32 heavy (non-hydrogen) atoms. The van der Waals surface area contributed by atoms with Gasteiger partial charge in [-0.2, -0.15) is 0 Å². The van der Waals surface area contributed by atoms with E-state index in [4.69, 9.17) is 9.47 Å². The van der Waals surface area contributed by atoms with E-state index in [-0.39, 0.29) is 18.1 Å². The molecule has 1 unspecified atom stereocenters. The maximum Gasteiger partial charge on any atom is 0.336 e. The smallest absolute Gasteiger partial charge is 0.336 e. The lowest BCUT2D eigenvalue weighted by Gasteiger charge is -2.15. The van der Waals surface area contributed by atoms with Crippen LogP contribution in [0.2, 0.25) is 0 Å². The van der Waals surface area contributed by atoms with Gasteiger partial charge >= 0.3 is 11.9 Å². The van der Waals surface area contributed by atoms with Crippen LogP contribution in [0.1, 0.15) is 18.1 Å². The van der Waals surface area contributed by atoms with Gasteiger partial charge in [0.2, 0.25) is 9.84 Å². The molecule has 0 aliphatic rings. The third-order valence-corrected chi connectivity index (χ3v) is 6.22. The summed E-state index contributed by atoms with van der Waals surface area (Å²) in [6, 6.07) is 15.2. The largest absolute Gasteiger partial charge is 0.460 e. The van der Waals surface area contributed by atoms with E-state index in [9.17, 15) is 18.0 Å². The van der Waals surface area contributed by atoms with E-state index in [0.717, 1.165) is 11.1 Å². The monoisotopic (exact) mass is 454 g/mol. The number of hydrogen-bond acceptors (Lipinski definition) is 6. The molecular formula is C25H26O6S. The van der Waals surface area contributed by atoms with Gasteiger partial charge < -0.3 is 9.47 Å². The zero-order chi connectivity index (χ0) is 23.4. The maximum absolute atomic E-state index is 13.1. The van der Waals surface area contributed by atoms with E-state index in [2.05, 4.69) is 0 Å². The van der Waals surface area contributed by atoms with Gasteiger partial charge in [0.1, 0.15) is 13.2 Å². The number of rotatable bonds is 10. The number of sulfone groups is 1. The number of carbonyl (C=O) groups excluding carboxylic acids is 2. The van der Waals surface area contributed by atoms with Crippen LogP contribution in [0.25, 0.3) is 6.08 Å². The summed E-state index contributed by atoms with van der Waals surface area (Å²) >= 11 is 0. The molecule has 0 fully saturated rings. The normalized spacial score (nSPS) is 12.9. The third kappa shape index (κ3) is 7.35. The lowest BCUT2D eigenvalue weighted by atomic mass is 10.2. The van der Waals surface area contributed by atoms with Crippen molar-refractivity contribution in [3.05, 3.63) is 96.1 Å². The van der Waals surface area contributed by atoms with Crippen LogP contribution in [-0.4, -0.2) is 38.8 Å². The summed E-state index contributed by atoms with van der Waals surface area (Å²) < 4.78 is 36.2. The van der Waals surface area contributed by atoms with Crippen molar-refractivity contribution in [2.75, 3.05) is 13.2 Å². The Balaban J connectivity index is 2.18. The molecule has 2 rings (SSSR count). The average Bonchev–Trinajstić information content (AvgIpc) is 2.77. The number of ether oxygens (including phenoxy) is 2. The van der Waals surface area contributed by atoms with Crippen LogP contribution in [0, 0.1) is 6.92 Å². The molecule has 0 bridgehead atoms. The van der Waals surface area contributed by atoms with Gasteiger partial charge in [-0.3, -0.25) is 0 Å². The predicted octanol–water partition coefficient (Wildman–Crippen LogP) is 4.07. The predicted molar refractivity (Wildman–Crippen MR) is 124 cm³/mol. The molecule has 0 saturated heterocycles. The lowest BCUT2D eigenvalue weighted by molar-refractivity contribution is -0.152. The fourth-order valence-corrected chi connectivity index (χ4v) is 4.05. The molecule has 0 N–H and O–H groups in total. The van der Waals surface area contributed by atoms with Crippen molar-refractivity contribution in [2.45, 2.75) is 24.0 Å². The van der Waals surface area contributed by atoms with Crippen LogP contribution in [-0.2, 0) is 28.9 Å². The van der Waals surface area contributed by atoms with Gasteiger partial charge in [0.05, 0.1) is 4.90 Å². The Morgan fingerprint density at radius 1 is 0.875 bits per heavy atom. The van der Waals surface area contributed by atoms with E-state index in [1.807, 2.05) is 37.3 Å².